The van der Waals surface area contributed by atoms with Gasteiger partial charge in [0.1, 0.15) is 23.3 Å². The SMILES string of the molecule is O=S(=O)(NCc1ccc(-n2cncn2)cc1)c1ccccc1OCC1CC1. The van der Waals surface area contributed by atoms with Crippen molar-refractivity contribution in [3.8, 4) is 11.4 Å². The largest absolute Gasteiger partial charge is 0.492 e. The van der Waals surface area contributed by atoms with Crippen LogP contribution in [0.25, 0.3) is 5.69 Å². The number of rotatable bonds is 8. The Hall–Kier alpha value is -2.71. The van der Waals surface area contributed by atoms with Crippen molar-refractivity contribution in [2.24, 2.45) is 5.92 Å². The molecule has 0 atom stereocenters. The molecule has 1 heterocycles. The Labute approximate surface area is 158 Å². The summed E-state index contributed by atoms with van der Waals surface area (Å²) < 4.78 is 35.5. The highest BCUT2D eigenvalue weighted by atomic mass is 32.2. The molecule has 1 fully saturated rings. The Morgan fingerprint density at radius 1 is 1.11 bits per heavy atom. The minimum Gasteiger partial charge on any atom is -0.492 e. The van der Waals surface area contributed by atoms with Crippen LogP contribution in [0.1, 0.15) is 18.4 Å². The maximum atomic E-state index is 12.7. The first-order valence-corrected chi connectivity index (χ1v) is 10.3. The van der Waals surface area contributed by atoms with E-state index in [1.165, 1.54) is 6.33 Å². The van der Waals surface area contributed by atoms with Gasteiger partial charge in [0.15, 0.2) is 0 Å². The molecule has 1 aromatic heterocycles. The zero-order valence-corrected chi connectivity index (χ0v) is 15.5. The standard InChI is InChI=1S/C19H20N4O3S/c24-27(25,19-4-2-1-3-18(19)26-12-16-5-6-16)22-11-15-7-9-17(10-8-15)23-14-20-13-21-23/h1-4,7-10,13-14,16,22H,5-6,11-12H2. The predicted octanol–water partition coefficient (Wildman–Crippen LogP) is 2.53. The third kappa shape index (κ3) is 4.35. The summed E-state index contributed by atoms with van der Waals surface area (Å²) in [6.45, 7) is 0.757. The van der Waals surface area contributed by atoms with Gasteiger partial charge < -0.3 is 4.74 Å². The fourth-order valence-electron chi connectivity index (χ4n) is 2.65. The monoisotopic (exact) mass is 384 g/mol. The number of aromatic nitrogens is 3. The maximum absolute atomic E-state index is 12.7. The van der Waals surface area contributed by atoms with Crippen molar-refractivity contribution in [3.63, 3.8) is 0 Å². The van der Waals surface area contributed by atoms with E-state index in [0.717, 1.165) is 24.1 Å². The summed E-state index contributed by atoms with van der Waals surface area (Å²) in [6.07, 6.45) is 5.37. The van der Waals surface area contributed by atoms with Crippen molar-refractivity contribution >= 4 is 10.0 Å². The van der Waals surface area contributed by atoms with E-state index >= 15 is 0 Å². The normalized spacial score (nSPS) is 14.2. The third-order valence-corrected chi connectivity index (χ3v) is 5.84. The molecule has 0 aliphatic heterocycles. The lowest BCUT2D eigenvalue weighted by Gasteiger charge is -2.12. The predicted molar refractivity (Wildman–Crippen MR) is 100 cm³/mol. The van der Waals surface area contributed by atoms with E-state index in [1.54, 1.807) is 35.3 Å². The molecule has 1 aliphatic carbocycles. The molecule has 1 saturated carbocycles. The van der Waals surface area contributed by atoms with E-state index in [9.17, 15) is 8.42 Å². The molecule has 4 rings (SSSR count). The van der Waals surface area contributed by atoms with Crippen LogP contribution in [-0.2, 0) is 16.6 Å². The highest BCUT2D eigenvalue weighted by Gasteiger charge is 2.24. The van der Waals surface area contributed by atoms with Crippen molar-refractivity contribution in [1.82, 2.24) is 19.5 Å². The fraction of sp³-hybridized carbons (Fsp3) is 0.263. The van der Waals surface area contributed by atoms with Crippen molar-refractivity contribution in [2.45, 2.75) is 24.3 Å². The summed E-state index contributed by atoms with van der Waals surface area (Å²) >= 11 is 0. The second-order valence-electron chi connectivity index (χ2n) is 6.53. The number of hydrogen-bond donors (Lipinski definition) is 1. The minimum absolute atomic E-state index is 0.171. The number of benzene rings is 2. The Kier molecular flexibility index (Phi) is 4.91. The topological polar surface area (TPSA) is 86.1 Å². The van der Waals surface area contributed by atoms with Gasteiger partial charge in [0.25, 0.3) is 0 Å². The Morgan fingerprint density at radius 2 is 1.89 bits per heavy atom. The van der Waals surface area contributed by atoms with Crippen molar-refractivity contribution in [3.05, 3.63) is 66.7 Å². The van der Waals surface area contributed by atoms with Gasteiger partial charge in [-0.15, -0.1) is 0 Å². The van der Waals surface area contributed by atoms with Crippen LogP contribution in [0.2, 0.25) is 0 Å². The summed E-state index contributed by atoms with van der Waals surface area (Å²) in [4.78, 5) is 4.08. The van der Waals surface area contributed by atoms with E-state index < -0.39 is 10.0 Å². The zero-order valence-electron chi connectivity index (χ0n) is 14.7. The molecule has 27 heavy (non-hydrogen) atoms. The first kappa shape index (κ1) is 17.7. The van der Waals surface area contributed by atoms with Gasteiger partial charge in [0, 0.05) is 6.54 Å². The highest BCUT2D eigenvalue weighted by molar-refractivity contribution is 7.89. The number of para-hydroxylation sites is 1. The second-order valence-corrected chi connectivity index (χ2v) is 8.27. The molecule has 3 aromatic rings. The van der Waals surface area contributed by atoms with Crippen LogP contribution in [0.4, 0.5) is 0 Å². The van der Waals surface area contributed by atoms with E-state index in [2.05, 4.69) is 14.8 Å². The van der Waals surface area contributed by atoms with Crippen molar-refractivity contribution < 1.29 is 13.2 Å². The second kappa shape index (κ2) is 7.50. The number of hydrogen-bond acceptors (Lipinski definition) is 5. The molecule has 0 unspecified atom stereocenters. The summed E-state index contributed by atoms with van der Waals surface area (Å²) in [7, 11) is -3.67. The van der Waals surface area contributed by atoms with Crippen LogP contribution in [0.5, 0.6) is 5.75 Å². The smallest absolute Gasteiger partial charge is 0.244 e. The molecule has 140 valence electrons. The molecule has 0 radical (unpaired) electrons. The van der Waals surface area contributed by atoms with Gasteiger partial charge in [-0.2, -0.15) is 5.10 Å². The molecule has 1 N–H and O–H groups in total. The van der Waals surface area contributed by atoms with Gasteiger partial charge in [0.2, 0.25) is 10.0 Å². The first-order valence-electron chi connectivity index (χ1n) is 8.77. The lowest BCUT2D eigenvalue weighted by atomic mass is 10.2. The van der Waals surface area contributed by atoms with Gasteiger partial charge in [-0.05, 0) is 48.6 Å². The van der Waals surface area contributed by atoms with Crippen LogP contribution in [0.3, 0.4) is 0 Å². The first-order chi connectivity index (χ1) is 13.1. The van der Waals surface area contributed by atoms with Crippen LogP contribution in [-0.4, -0.2) is 29.8 Å². The fourth-order valence-corrected chi connectivity index (χ4v) is 3.81. The maximum Gasteiger partial charge on any atom is 0.244 e. The lowest BCUT2D eigenvalue weighted by Crippen LogP contribution is -2.24. The Balaban J connectivity index is 1.44. The zero-order chi connectivity index (χ0) is 18.7. The molecular weight excluding hydrogens is 364 g/mol. The Morgan fingerprint density at radius 3 is 2.59 bits per heavy atom. The summed E-state index contributed by atoms with van der Waals surface area (Å²) in [5.41, 5.74) is 1.71. The van der Waals surface area contributed by atoms with E-state index in [4.69, 9.17) is 4.74 Å². The van der Waals surface area contributed by atoms with Gasteiger partial charge in [-0.1, -0.05) is 24.3 Å². The van der Waals surface area contributed by atoms with Gasteiger partial charge in [-0.25, -0.2) is 22.8 Å². The summed E-state index contributed by atoms with van der Waals surface area (Å²) in [6, 6.07) is 14.2. The van der Waals surface area contributed by atoms with Gasteiger partial charge >= 0.3 is 0 Å². The van der Waals surface area contributed by atoms with Crippen molar-refractivity contribution in [2.75, 3.05) is 6.61 Å². The highest BCUT2D eigenvalue weighted by Crippen LogP contribution is 2.31. The van der Waals surface area contributed by atoms with Crippen LogP contribution < -0.4 is 9.46 Å². The molecule has 7 nitrogen and oxygen atoms in total. The third-order valence-electron chi connectivity index (χ3n) is 4.40. The van der Waals surface area contributed by atoms with Gasteiger partial charge in [0.05, 0.1) is 12.3 Å². The minimum atomic E-state index is -3.67. The van der Waals surface area contributed by atoms with Crippen LogP contribution >= 0.6 is 0 Å². The molecule has 0 bridgehead atoms. The summed E-state index contributed by atoms with van der Waals surface area (Å²) in [5.74, 6) is 0.954. The number of nitrogens with one attached hydrogen (secondary N) is 1. The molecule has 0 saturated heterocycles. The number of sulfonamides is 1. The molecule has 8 heteroatoms. The van der Waals surface area contributed by atoms with Crippen LogP contribution in [0, 0.1) is 5.92 Å². The average molecular weight is 384 g/mol. The lowest BCUT2D eigenvalue weighted by molar-refractivity contribution is 0.292. The Bertz CT molecular complexity index is 998. The number of nitrogens with zero attached hydrogens (tertiary/aromatic N) is 3. The molecule has 1 aliphatic rings. The number of ether oxygens (including phenoxy) is 1. The summed E-state index contributed by atoms with van der Waals surface area (Å²) in [5, 5.41) is 4.07. The van der Waals surface area contributed by atoms with Gasteiger partial charge in [-0.3, -0.25) is 0 Å². The molecule has 2 aromatic carbocycles. The average Bonchev–Trinajstić information content (AvgIpc) is 3.36. The van der Waals surface area contributed by atoms with E-state index in [1.807, 2.05) is 24.3 Å². The van der Waals surface area contributed by atoms with Crippen LogP contribution in [0.15, 0.2) is 66.1 Å². The quantitative estimate of drug-likeness (QED) is 0.645. The van der Waals surface area contributed by atoms with E-state index in [-0.39, 0.29) is 11.4 Å². The molecular formula is C19H20N4O3S. The molecule has 0 amide bonds. The van der Waals surface area contributed by atoms with Crippen molar-refractivity contribution in [1.29, 1.82) is 0 Å². The van der Waals surface area contributed by atoms with E-state index in [0.29, 0.717) is 18.3 Å². The molecule has 0 spiro atoms.